The van der Waals surface area contributed by atoms with E-state index >= 15 is 0 Å². The first-order valence-electron chi connectivity index (χ1n) is 6.66. The van der Waals surface area contributed by atoms with Gasteiger partial charge in [0.25, 0.3) is 0 Å². The van der Waals surface area contributed by atoms with E-state index in [9.17, 15) is 4.79 Å². The summed E-state index contributed by atoms with van der Waals surface area (Å²) in [6, 6.07) is 4.02. The zero-order valence-corrected chi connectivity index (χ0v) is 12.4. The van der Waals surface area contributed by atoms with E-state index in [2.05, 4.69) is 34.2 Å². The van der Waals surface area contributed by atoms with E-state index in [0.717, 1.165) is 41.8 Å². The van der Waals surface area contributed by atoms with Crippen molar-refractivity contribution in [2.45, 2.75) is 32.6 Å². The lowest BCUT2D eigenvalue weighted by Gasteiger charge is -2.22. The van der Waals surface area contributed by atoms with Gasteiger partial charge in [-0.2, -0.15) is 0 Å². The van der Waals surface area contributed by atoms with Gasteiger partial charge in [0.1, 0.15) is 0 Å². The molecule has 0 bridgehead atoms. The van der Waals surface area contributed by atoms with Crippen molar-refractivity contribution in [2.75, 3.05) is 13.1 Å². The maximum atomic E-state index is 10.9. The maximum absolute atomic E-state index is 10.9. The first-order chi connectivity index (χ1) is 8.72. The summed E-state index contributed by atoms with van der Waals surface area (Å²) in [5.41, 5.74) is 3.33. The average molecular weight is 310 g/mol. The van der Waals surface area contributed by atoms with Gasteiger partial charge in [0.2, 0.25) is 0 Å². The molecule has 1 aromatic rings. The van der Waals surface area contributed by atoms with Gasteiger partial charge >= 0.3 is 0 Å². The van der Waals surface area contributed by atoms with Gasteiger partial charge in [-0.25, -0.2) is 0 Å². The van der Waals surface area contributed by atoms with Gasteiger partial charge in [0.05, 0.1) is 0 Å². The summed E-state index contributed by atoms with van der Waals surface area (Å²) in [6.45, 7) is 4.42. The van der Waals surface area contributed by atoms with E-state index in [1.165, 1.54) is 30.4 Å². The average Bonchev–Trinajstić information content (AvgIpc) is 2.42. The highest BCUT2D eigenvalue weighted by atomic mass is 79.9. The number of rotatable bonds is 4. The van der Waals surface area contributed by atoms with Crippen molar-refractivity contribution in [3.63, 3.8) is 0 Å². The molecule has 98 valence electrons. The quantitative estimate of drug-likeness (QED) is 0.862. The second-order valence-electron chi connectivity index (χ2n) is 5.10. The number of hydrogen-bond acceptors (Lipinski definition) is 2. The Morgan fingerprint density at radius 2 is 2.11 bits per heavy atom. The molecule has 0 saturated carbocycles. The van der Waals surface area contributed by atoms with E-state index in [-0.39, 0.29) is 0 Å². The zero-order chi connectivity index (χ0) is 13.0. The van der Waals surface area contributed by atoms with Crippen LogP contribution in [0.4, 0.5) is 0 Å². The van der Waals surface area contributed by atoms with Crippen LogP contribution in [0, 0.1) is 12.8 Å². The number of carbonyl (C=O) groups is 1. The Kier molecular flexibility index (Phi) is 4.95. The lowest BCUT2D eigenvalue weighted by atomic mass is 9.90. The molecule has 0 aliphatic carbocycles. The van der Waals surface area contributed by atoms with Crippen LogP contribution in [0.25, 0.3) is 0 Å². The predicted octanol–water partition coefficient (Wildman–Crippen LogP) is 3.50. The first-order valence-corrected chi connectivity index (χ1v) is 7.45. The molecule has 1 aliphatic rings. The number of hydrogen-bond donors (Lipinski definition) is 1. The standard InChI is InChI=1S/C15H20BrNO/c1-11-13(4-5-14(10-18)15(11)16)3-2-12-6-8-17-9-7-12/h4-5,10,12,17H,2-3,6-9H2,1H3. The van der Waals surface area contributed by atoms with Gasteiger partial charge in [-0.1, -0.05) is 12.1 Å². The molecule has 0 unspecified atom stereocenters. The van der Waals surface area contributed by atoms with Crippen LogP contribution in [0.2, 0.25) is 0 Å². The van der Waals surface area contributed by atoms with Crippen LogP contribution in [-0.2, 0) is 6.42 Å². The maximum Gasteiger partial charge on any atom is 0.151 e. The molecular formula is C15H20BrNO. The second-order valence-corrected chi connectivity index (χ2v) is 5.90. The molecule has 0 amide bonds. The van der Waals surface area contributed by atoms with Gasteiger partial charge in [0.15, 0.2) is 6.29 Å². The van der Waals surface area contributed by atoms with Crippen LogP contribution in [0.3, 0.4) is 0 Å². The van der Waals surface area contributed by atoms with Crippen LogP contribution in [-0.4, -0.2) is 19.4 Å². The van der Waals surface area contributed by atoms with E-state index in [4.69, 9.17) is 0 Å². The van der Waals surface area contributed by atoms with Crippen molar-refractivity contribution in [1.29, 1.82) is 0 Å². The number of benzene rings is 1. The Morgan fingerprint density at radius 1 is 1.39 bits per heavy atom. The first kappa shape index (κ1) is 13.8. The molecule has 1 N–H and O–H groups in total. The SMILES string of the molecule is Cc1c(CCC2CCNCC2)ccc(C=O)c1Br. The molecule has 0 spiro atoms. The summed E-state index contributed by atoms with van der Waals surface area (Å²) in [7, 11) is 0. The molecule has 1 saturated heterocycles. The molecule has 18 heavy (non-hydrogen) atoms. The van der Waals surface area contributed by atoms with Crippen LogP contribution in [0.1, 0.15) is 40.7 Å². The highest BCUT2D eigenvalue weighted by Gasteiger charge is 2.14. The molecule has 1 aliphatic heterocycles. The molecule has 1 heterocycles. The minimum absolute atomic E-state index is 0.748. The fourth-order valence-corrected chi connectivity index (χ4v) is 3.12. The van der Waals surface area contributed by atoms with Crippen LogP contribution in [0.15, 0.2) is 16.6 Å². The number of carbonyl (C=O) groups excluding carboxylic acids is 1. The molecule has 0 aromatic heterocycles. The fraction of sp³-hybridized carbons (Fsp3) is 0.533. The van der Waals surface area contributed by atoms with E-state index in [0.29, 0.717) is 0 Å². The highest BCUT2D eigenvalue weighted by molar-refractivity contribution is 9.10. The van der Waals surface area contributed by atoms with Gasteiger partial charge in [0, 0.05) is 10.0 Å². The second kappa shape index (κ2) is 6.48. The molecule has 2 rings (SSSR count). The van der Waals surface area contributed by atoms with Crippen molar-refractivity contribution in [3.8, 4) is 0 Å². The van der Waals surface area contributed by atoms with Crippen molar-refractivity contribution in [2.24, 2.45) is 5.92 Å². The molecule has 2 nitrogen and oxygen atoms in total. The van der Waals surface area contributed by atoms with Crippen LogP contribution >= 0.6 is 15.9 Å². The molecule has 0 atom stereocenters. The summed E-state index contributed by atoms with van der Waals surface area (Å²) in [4.78, 5) is 10.9. The minimum Gasteiger partial charge on any atom is -0.317 e. The summed E-state index contributed by atoms with van der Waals surface area (Å²) >= 11 is 3.52. The third kappa shape index (κ3) is 3.21. The van der Waals surface area contributed by atoms with Crippen molar-refractivity contribution < 1.29 is 4.79 Å². The summed E-state index contributed by atoms with van der Waals surface area (Å²) in [5.74, 6) is 0.857. The Balaban J connectivity index is 2.00. The third-order valence-electron chi connectivity index (χ3n) is 3.94. The summed E-state index contributed by atoms with van der Waals surface area (Å²) < 4.78 is 0.959. The predicted molar refractivity (Wildman–Crippen MR) is 78.2 cm³/mol. The van der Waals surface area contributed by atoms with E-state index in [1.54, 1.807) is 0 Å². The normalized spacial score (nSPS) is 16.8. The Hall–Kier alpha value is -0.670. The van der Waals surface area contributed by atoms with Gasteiger partial charge in [-0.05, 0) is 78.7 Å². The molecule has 0 radical (unpaired) electrons. The molecule has 1 fully saturated rings. The topological polar surface area (TPSA) is 29.1 Å². The largest absolute Gasteiger partial charge is 0.317 e. The fourth-order valence-electron chi connectivity index (χ4n) is 2.64. The molecule has 3 heteroatoms. The zero-order valence-electron chi connectivity index (χ0n) is 10.8. The Morgan fingerprint density at radius 3 is 2.78 bits per heavy atom. The van der Waals surface area contributed by atoms with E-state index < -0.39 is 0 Å². The smallest absolute Gasteiger partial charge is 0.151 e. The Bertz CT molecular complexity index is 425. The highest BCUT2D eigenvalue weighted by Crippen LogP contribution is 2.26. The Labute approximate surface area is 117 Å². The number of aryl methyl sites for hydroxylation is 1. The van der Waals surface area contributed by atoms with Gasteiger partial charge in [-0.3, -0.25) is 4.79 Å². The van der Waals surface area contributed by atoms with Gasteiger partial charge in [-0.15, -0.1) is 0 Å². The summed E-state index contributed by atoms with van der Waals surface area (Å²) in [5, 5.41) is 3.40. The monoisotopic (exact) mass is 309 g/mol. The van der Waals surface area contributed by atoms with Crippen molar-refractivity contribution in [3.05, 3.63) is 33.3 Å². The van der Waals surface area contributed by atoms with Crippen molar-refractivity contribution >= 4 is 22.2 Å². The van der Waals surface area contributed by atoms with Crippen LogP contribution < -0.4 is 5.32 Å². The minimum atomic E-state index is 0.748. The third-order valence-corrected chi connectivity index (χ3v) is 4.99. The van der Waals surface area contributed by atoms with Crippen molar-refractivity contribution in [1.82, 2.24) is 5.32 Å². The number of aldehydes is 1. The molecular weight excluding hydrogens is 290 g/mol. The lowest BCUT2D eigenvalue weighted by Crippen LogP contribution is -2.27. The number of halogens is 1. The van der Waals surface area contributed by atoms with Gasteiger partial charge < -0.3 is 5.32 Å². The number of piperidine rings is 1. The van der Waals surface area contributed by atoms with E-state index in [1.807, 2.05) is 6.07 Å². The lowest BCUT2D eigenvalue weighted by molar-refractivity contribution is 0.112. The molecule has 1 aromatic carbocycles. The number of nitrogens with one attached hydrogen (secondary N) is 1. The summed E-state index contributed by atoms with van der Waals surface area (Å²) in [6.07, 6.45) is 5.89. The van der Waals surface area contributed by atoms with Crippen LogP contribution in [0.5, 0.6) is 0 Å².